The highest BCUT2D eigenvalue weighted by Crippen LogP contribution is 2.32. The first-order valence-corrected chi connectivity index (χ1v) is 7.57. The number of anilines is 2. The first-order valence-electron chi connectivity index (χ1n) is 7.17. The van der Waals surface area contributed by atoms with Gasteiger partial charge in [0.1, 0.15) is 13.2 Å². The molecule has 5 heteroatoms. The fraction of sp³-hybridized carbons (Fsp3) is 0.235. The third-order valence-electron chi connectivity index (χ3n) is 3.43. The average Bonchev–Trinajstić information content (AvgIpc) is 2.50. The van der Waals surface area contributed by atoms with Crippen LogP contribution >= 0.6 is 12.2 Å². The fourth-order valence-electron chi connectivity index (χ4n) is 2.36. The van der Waals surface area contributed by atoms with E-state index in [1.165, 1.54) is 5.56 Å². The largest absolute Gasteiger partial charge is 0.486 e. The van der Waals surface area contributed by atoms with Gasteiger partial charge in [0.15, 0.2) is 16.6 Å². The molecule has 1 aliphatic rings. The van der Waals surface area contributed by atoms with Crippen molar-refractivity contribution in [1.29, 1.82) is 0 Å². The van der Waals surface area contributed by atoms with Gasteiger partial charge in [0, 0.05) is 17.4 Å². The zero-order valence-electron chi connectivity index (χ0n) is 12.6. The van der Waals surface area contributed by atoms with Gasteiger partial charge in [-0.3, -0.25) is 0 Å². The van der Waals surface area contributed by atoms with Gasteiger partial charge in [-0.1, -0.05) is 17.7 Å². The molecule has 0 bridgehead atoms. The van der Waals surface area contributed by atoms with E-state index < -0.39 is 0 Å². The van der Waals surface area contributed by atoms with Gasteiger partial charge >= 0.3 is 0 Å². The number of thiocarbonyl (C=S) groups is 1. The van der Waals surface area contributed by atoms with E-state index in [2.05, 4.69) is 36.6 Å². The van der Waals surface area contributed by atoms with Gasteiger partial charge in [0.05, 0.1) is 0 Å². The summed E-state index contributed by atoms with van der Waals surface area (Å²) in [6, 6.07) is 11.9. The highest BCUT2D eigenvalue weighted by molar-refractivity contribution is 7.80. The molecule has 0 amide bonds. The lowest BCUT2D eigenvalue weighted by Gasteiger charge is -2.19. The topological polar surface area (TPSA) is 42.5 Å². The van der Waals surface area contributed by atoms with Crippen molar-refractivity contribution in [1.82, 2.24) is 0 Å². The van der Waals surface area contributed by atoms with Crippen molar-refractivity contribution in [3.63, 3.8) is 0 Å². The second kappa shape index (κ2) is 6.23. The van der Waals surface area contributed by atoms with Crippen LogP contribution in [-0.4, -0.2) is 18.3 Å². The standard InChI is InChI=1S/C17H18N2O2S/c1-11-3-5-14(12(2)9-11)19-17(22)18-13-4-6-15-16(10-13)21-8-7-20-15/h3-6,9-10H,7-8H2,1-2H3,(H2,18,19,22). The van der Waals surface area contributed by atoms with Crippen LogP contribution in [-0.2, 0) is 0 Å². The van der Waals surface area contributed by atoms with Gasteiger partial charge in [-0.2, -0.15) is 0 Å². The molecule has 0 unspecified atom stereocenters. The van der Waals surface area contributed by atoms with Crippen LogP contribution in [0.4, 0.5) is 11.4 Å². The lowest BCUT2D eigenvalue weighted by atomic mass is 10.1. The maximum atomic E-state index is 5.57. The number of hydrogen-bond donors (Lipinski definition) is 2. The molecule has 22 heavy (non-hydrogen) atoms. The number of ether oxygens (including phenoxy) is 2. The van der Waals surface area contributed by atoms with Crippen LogP contribution in [0.2, 0.25) is 0 Å². The maximum absolute atomic E-state index is 5.57. The molecule has 0 fully saturated rings. The number of aryl methyl sites for hydroxylation is 2. The molecule has 3 rings (SSSR count). The van der Waals surface area contributed by atoms with E-state index in [1.807, 2.05) is 24.3 Å². The number of benzene rings is 2. The molecule has 0 aromatic heterocycles. The Morgan fingerprint density at radius 3 is 2.50 bits per heavy atom. The summed E-state index contributed by atoms with van der Waals surface area (Å²) >= 11 is 5.37. The van der Waals surface area contributed by atoms with Gasteiger partial charge in [-0.25, -0.2) is 0 Å². The molecule has 4 nitrogen and oxygen atoms in total. The number of rotatable bonds is 2. The fourth-order valence-corrected chi connectivity index (χ4v) is 2.59. The Kier molecular flexibility index (Phi) is 4.15. The van der Waals surface area contributed by atoms with E-state index in [4.69, 9.17) is 21.7 Å². The Morgan fingerprint density at radius 2 is 1.73 bits per heavy atom. The summed E-state index contributed by atoms with van der Waals surface area (Å²) in [6.07, 6.45) is 0. The van der Waals surface area contributed by atoms with E-state index in [1.54, 1.807) is 0 Å². The molecule has 0 spiro atoms. The molecule has 1 heterocycles. The third-order valence-corrected chi connectivity index (χ3v) is 3.63. The van der Waals surface area contributed by atoms with Gasteiger partial charge < -0.3 is 20.1 Å². The summed E-state index contributed by atoms with van der Waals surface area (Å²) in [5, 5.41) is 6.93. The van der Waals surface area contributed by atoms with E-state index >= 15 is 0 Å². The first-order chi connectivity index (χ1) is 10.6. The minimum Gasteiger partial charge on any atom is -0.486 e. The second-order valence-corrected chi connectivity index (χ2v) is 5.66. The summed E-state index contributed by atoms with van der Waals surface area (Å²) < 4.78 is 11.1. The summed E-state index contributed by atoms with van der Waals surface area (Å²) in [6.45, 7) is 5.29. The molecule has 2 N–H and O–H groups in total. The van der Waals surface area contributed by atoms with Crippen LogP contribution in [0.1, 0.15) is 11.1 Å². The molecule has 0 saturated heterocycles. The van der Waals surface area contributed by atoms with Gasteiger partial charge in [-0.05, 0) is 49.8 Å². The maximum Gasteiger partial charge on any atom is 0.175 e. The summed E-state index contributed by atoms with van der Waals surface area (Å²) in [5.74, 6) is 1.51. The zero-order valence-corrected chi connectivity index (χ0v) is 13.4. The quantitative estimate of drug-likeness (QED) is 0.823. The molecule has 0 saturated carbocycles. The smallest absolute Gasteiger partial charge is 0.175 e. The molecule has 0 aliphatic carbocycles. The Morgan fingerprint density at radius 1 is 0.955 bits per heavy atom. The minimum absolute atomic E-state index is 0.545. The monoisotopic (exact) mass is 314 g/mol. The lowest BCUT2D eigenvalue weighted by Crippen LogP contribution is -2.20. The molecule has 1 aliphatic heterocycles. The van der Waals surface area contributed by atoms with E-state index in [-0.39, 0.29) is 0 Å². The van der Waals surface area contributed by atoms with E-state index in [0.29, 0.717) is 18.3 Å². The minimum atomic E-state index is 0.545. The molecule has 2 aromatic carbocycles. The Hall–Kier alpha value is -2.27. The van der Waals surface area contributed by atoms with Crippen molar-refractivity contribution in [2.45, 2.75) is 13.8 Å². The Balaban J connectivity index is 1.69. The SMILES string of the molecule is Cc1ccc(NC(=S)Nc2ccc3c(c2)OCCO3)c(C)c1. The molecule has 114 valence electrons. The van der Waals surface area contributed by atoms with Crippen LogP contribution in [0, 0.1) is 13.8 Å². The van der Waals surface area contributed by atoms with Gasteiger partial charge in [0.2, 0.25) is 0 Å². The predicted molar refractivity (Wildman–Crippen MR) is 93.2 cm³/mol. The van der Waals surface area contributed by atoms with Crippen LogP contribution < -0.4 is 20.1 Å². The first kappa shape index (κ1) is 14.7. The average molecular weight is 314 g/mol. The molecular weight excluding hydrogens is 296 g/mol. The van der Waals surface area contributed by atoms with Crippen molar-refractivity contribution < 1.29 is 9.47 Å². The van der Waals surface area contributed by atoms with Crippen molar-refractivity contribution in [3.05, 3.63) is 47.5 Å². The highest BCUT2D eigenvalue weighted by Gasteiger charge is 2.12. The third kappa shape index (κ3) is 3.31. The van der Waals surface area contributed by atoms with Crippen molar-refractivity contribution >= 4 is 28.7 Å². The summed E-state index contributed by atoms with van der Waals surface area (Å²) in [5.41, 5.74) is 4.26. The van der Waals surface area contributed by atoms with Crippen LogP contribution in [0.25, 0.3) is 0 Å². The molecule has 2 aromatic rings. The molecular formula is C17H18N2O2S. The number of fused-ring (bicyclic) bond motifs is 1. The molecule has 0 atom stereocenters. The normalized spacial score (nSPS) is 12.6. The zero-order chi connectivity index (χ0) is 15.5. The number of nitrogens with one attached hydrogen (secondary N) is 2. The lowest BCUT2D eigenvalue weighted by molar-refractivity contribution is 0.171. The predicted octanol–water partition coefficient (Wildman–Crippen LogP) is 3.88. The van der Waals surface area contributed by atoms with Crippen molar-refractivity contribution in [2.24, 2.45) is 0 Å². The van der Waals surface area contributed by atoms with E-state index in [9.17, 15) is 0 Å². The Bertz CT molecular complexity index is 716. The second-order valence-electron chi connectivity index (χ2n) is 5.26. The van der Waals surface area contributed by atoms with Crippen molar-refractivity contribution in [2.75, 3.05) is 23.8 Å². The Labute approximate surface area is 135 Å². The van der Waals surface area contributed by atoms with Crippen molar-refractivity contribution in [3.8, 4) is 11.5 Å². The highest BCUT2D eigenvalue weighted by atomic mass is 32.1. The summed E-state index contributed by atoms with van der Waals surface area (Å²) in [7, 11) is 0. The molecule has 0 radical (unpaired) electrons. The van der Waals surface area contributed by atoms with Crippen LogP contribution in [0.3, 0.4) is 0 Å². The van der Waals surface area contributed by atoms with E-state index in [0.717, 1.165) is 28.4 Å². The van der Waals surface area contributed by atoms with Crippen LogP contribution in [0.5, 0.6) is 11.5 Å². The number of hydrogen-bond acceptors (Lipinski definition) is 3. The van der Waals surface area contributed by atoms with Gasteiger partial charge in [0.25, 0.3) is 0 Å². The summed E-state index contributed by atoms with van der Waals surface area (Å²) in [4.78, 5) is 0. The van der Waals surface area contributed by atoms with Crippen LogP contribution in [0.15, 0.2) is 36.4 Å². The van der Waals surface area contributed by atoms with Gasteiger partial charge in [-0.15, -0.1) is 0 Å².